The summed E-state index contributed by atoms with van der Waals surface area (Å²) >= 11 is 0. The van der Waals surface area contributed by atoms with E-state index in [-0.39, 0.29) is 25.7 Å². The maximum Gasteiger partial charge on any atom is 0.472 e. The smallest absolute Gasteiger partial charge is 0.462 e. The second-order valence-corrected chi connectivity index (χ2v) is 28.3. The van der Waals surface area contributed by atoms with Crippen molar-refractivity contribution in [1.29, 1.82) is 0 Å². The highest BCUT2D eigenvalue weighted by atomic mass is 31.2. The molecular weight excluding hydrogens is 1160 g/mol. The fraction of sp³-hybridized carbons (Fsp3) is 0.942. The van der Waals surface area contributed by atoms with Crippen LogP contribution >= 0.6 is 15.6 Å². The molecule has 0 spiro atoms. The van der Waals surface area contributed by atoms with Crippen molar-refractivity contribution in [2.24, 2.45) is 5.92 Å². The summed E-state index contributed by atoms with van der Waals surface area (Å²) in [6, 6.07) is 0. The Balaban J connectivity index is 5.19. The largest absolute Gasteiger partial charge is 0.472 e. The number of phosphoric acid groups is 2. The highest BCUT2D eigenvalue weighted by molar-refractivity contribution is 7.47. The molecule has 0 aliphatic heterocycles. The van der Waals surface area contributed by atoms with Gasteiger partial charge >= 0.3 is 39.5 Å². The Morgan fingerprint density at radius 1 is 0.307 bits per heavy atom. The molecule has 0 bridgehead atoms. The average molecular weight is 1300 g/mol. The van der Waals surface area contributed by atoms with E-state index >= 15 is 0 Å². The Morgan fingerprint density at radius 2 is 0.523 bits per heavy atom. The van der Waals surface area contributed by atoms with Crippen molar-refractivity contribution in [1.82, 2.24) is 0 Å². The molecule has 0 aromatic carbocycles. The van der Waals surface area contributed by atoms with Crippen molar-refractivity contribution in [2.45, 2.75) is 374 Å². The van der Waals surface area contributed by atoms with Gasteiger partial charge in [-0.2, -0.15) is 0 Å². The molecule has 0 aliphatic rings. The van der Waals surface area contributed by atoms with Crippen LogP contribution < -0.4 is 0 Å². The fourth-order valence-corrected chi connectivity index (χ4v) is 12.0. The molecule has 0 radical (unpaired) electrons. The van der Waals surface area contributed by atoms with E-state index in [9.17, 15) is 43.2 Å². The molecule has 0 aromatic rings. The quantitative estimate of drug-likeness (QED) is 0.0222. The van der Waals surface area contributed by atoms with Crippen LogP contribution in [0.2, 0.25) is 0 Å². The molecule has 0 aliphatic carbocycles. The van der Waals surface area contributed by atoms with Crippen molar-refractivity contribution in [3.63, 3.8) is 0 Å². The van der Waals surface area contributed by atoms with Crippen LogP contribution in [0.5, 0.6) is 0 Å². The van der Waals surface area contributed by atoms with Crippen LogP contribution in [0.25, 0.3) is 0 Å². The van der Waals surface area contributed by atoms with E-state index in [4.69, 9.17) is 37.0 Å². The zero-order chi connectivity index (χ0) is 64.9. The summed E-state index contributed by atoms with van der Waals surface area (Å²) in [7, 11) is -9.89. The van der Waals surface area contributed by atoms with E-state index in [1.54, 1.807) is 0 Å². The van der Waals surface area contributed by atoms with E-state index in [0.717, 1.165) is 95.8 Å². The number of hydrogen-bond donors (Lipinski definition) is 3. The van der Waals surface area contributed by atoms with Crippen molar-refractivity contribution in [2.75, 3.05) is 39.6 Å². The molecule has 0 saturated heterocycles. The normalized spacial score (nSPS) is 14.1. The summed E-state index contributed by atoms with van der Waals surface area (Å²) < 4.78 is 68.1. The number of ether oxygens (including phenoxy) is 4. The molecule has 0 rings (SSSR count). The second-order valence-electron chi connectivity index (χ2n) is 25.4. The summed E-state index contributed by atoms with van der Waals surface area (Å²) in [5.41, 5.74) is 0. The molecule has 0 aromatic heterocycles. The number of phosphoric ester groups is 2. The zero-order valence-electron chi connectivity index (χ0n) is 56.9. The molecule has 0 fully saturated rings. The topological polar surface area (TPSA) is 237 Å². The summed E-state index contributed by atoms with van der Waals surface area (Å²) in [5.74, 6) is -1.38. The Bertz CT molecular complexity index is 1700. The van der Waals surface area contributed by atoms with Gasteiger partial charge in [0.2, 0.25) is 0 Å². The van der Waals surface area contributed by atoms with Gasteiger partial charge in [-0.05, 0) is 31.6 Å². The summed E-state index contributed by atoms with van der Waals surface area (Å²) in [6.07, 6.45) is 48.6. The number of esters is 4. The number of hydrogen-bond acceptors (Lipinski definition) is 15. The minimum atomic E-state index is -4.95. The lowest BCUT2D eigenvalue weighted by atomic mass is 10.0. The van der Waals surface area contributed by atoms with Crippen molar-refractivity contribution in [3.8, 4) is 0 Å². The van der Waals surface area contributed by atoms with Gasteiger partial charge in [-0.15, -0.1) is 0 Å². The Kier molecular flexibility index (Phi) is 61.1. The molecular formula is C69H134O17P2. The van der Waals surface area contributed by atoms with Crippen molar-refractivity contribution < 1.29 is 80.2 Å². The van der Waals surface area contributed by atoms with Crippen LogP contribution in [0.3, 0.4) is 0 Å². The van der Waals surface area contributed by atoms with Crippen LogP contribution in [0, 0.1) is 5.92 Å². The molecule has 19 heteroatoms. The third-order valence-corrected chi connectivity index (χ3v) is 17.9. The van der Waals surface area contributed by atoms with Crippen LogP contribution in [0.1, 0.15) is 356 Å². The number of rotatable bonds is 69. The van der Waals surface area contributed by atoms with Crippen LogP contribution in [0.15, 0.2) is 0 Å². The number of carbonyl (C=O) groups is 4. The molecule has 3 N–H and O–H groups in total. The molecule has 88 heavy (non-hydrogen) atoms. The molecule has 0 saturated carbocycles. The van der Waals surface area contributed by atoms with Gasteiger partial charge in [-0.1, -0.05) is 304 Å². The third-order valence-electron chi connectivity index (χ3n) is 16.0. The first-order chi connectivity index (χ1) is 42.5. The zero-order valence-corrected chi connectivity index (χ0v) is 58.6. The maximum atomic E-state index is 13.0. The monoisotopic (exact) mass is 1300 g/mol. The highest BCUT2D eigenvalue weighted by Crippen LogP contribution is 2.45. The first-order valence-electron chi connectivity index (χ1n) is 36.1. The van der Waals surface area contributed by atoms with Gasteiger partial charge in [0.1, 0.15) is 19.3 Å². The van der Waals surface area contributed by atoms with E-state index < -0.39 is 97.5 Å². The minimum absolute atomic E-state index is 0.106. The third kappa shape index (κ3) is 62.8. The lowest BCUT2D eigenvalue weighted by Gasteiger charge is -2.21. The molecule has 17 nitrogen and oxygen atoms in total. The average Bonchev–Trinajstić information content (AvgIpc) is 3.51. The predicted octanol–water partition coefficient (Wildman–Crippen LogP) is 19.7. The SMILES string of the molecule is CCCCCCCCCCCCCCCCCCCCC(=O)O[C@H](COC(=O)CCCCCCCCCCCC(C)C)COP(=O)(O)OC[C@@H](O)COP(=O)(O)OC[C@@H](COC(=O)CCCCCCCCCCC)OC(=O)CCCCCCCCCCC. The van der Waals surface area contributed by atoms with E-state index in [1.807, 2.05) is 0 Å². The minimum Gasteiger partial charge on any atom is -0.462 e. The van der Waals surface area contributed by atoms with Crippen molar-refractivity contribution in [3.05, 3.63) is 0 Å². The van der Waals surface area contributed by atoms with E-state index in [0.29, 0.717) is 25.7 Å². The Hall–Kier alpha value is -1.94. The standard InChI is InChI=1S/C69H134O17P2/c1-6-9-12-15-18-21-22-23-24-25-26-27-28-29-34-40-45-50-55-69(74)86-65(59-80-67(72)53-48-43-38-35-30-33-36-41-46-51-62(4)5)61-84-88(77,78)82-57-63(70)56-81-87(75,76)83-60-64(85-68(73)54-49-44-39-32-20-17-14-11-8-3)58-79-66(71)52-47-42-37-31-19-16-13-10-7-2/h62-65,70H,6-61H2,1-5H3,(H,75,76)(H,77,78)/t63-,64+,65+/m0/s1. The van der Waals surface area contributed by atoms with Gasteiger partial charge in [0.05, 0.1) is 26.4 Å². The highest BCUT2D eigenvalue weighted by Gasteiger charge is 2.30. The first-order valence-corrected chi connectivity index (χ1v) is 39.1. The summed E-state index contributed by atoms with van der Waals surface area (Å²) in [5, 5.41) is 10.6. The predicted molar refractivity (Wildman–Crippen MR) is 354 cm³/mol. The van der Waals surface area contributed by atoms with Crippen molar-refractivity contribution >= 4 is 39.5 Å². The fourth-order valence-electron chi connectivity index (χ4n) is 10.5. The van der Waals surface area contributed by atoms with Crippen LogP contribution in [-0.2, 0) is 65.4 Å². The number of aliphatic hydroxyl groups is 1. The van der Waals surface area contributed by atoms with Gasteiger partial charge in [-0.25, -0.2) is 9.13 Å². The van der Waals surface area contributed by atoms with Crippen LogP contribution in [0.4, 0.5) is 0 Å². The van der Waals surface area contributed by atoms with Gasteiger partial charge in [0.15, 0.2) is 12.2 Å². The number of carbonyl (C=O) groups excluding carboxylic acids is 4. The summed E-state index contributed by atoms with van der Waals surface area (Å²) in [4.78, 5) is 72.4. The number of unbranched alkanes of at least 4 members (excludes halogenated alkanes) is 41. The Labute approximate surface area is 537 Å². The van der Waals surface area contributed by atoms with Gasteiger partial charge in [-0.3, -0.25) is 37.3 Å². The molecule has 522 valence electrons. The number of aliphatic hydroxyl groups excluding tert-OH is 1. The maximum absolute atomic E-state index is 13.0. The van der Waals surface area contributed by atoms with Gasteiger partial charge in [0.25, 0.3) is 0 Å². The molecule has 5 atom stereocenters. The lowest BCUT2D eigenvalue weighted by molar-refractivity contribution is -0.161. The van der Waals surface area contributed by atoms with Crippen LogP contribution in [-0.4, -0.2) is 96.7 Å². The second kappa shape index (κ2) is 62.5. The first kappa shape index (κ1) is 86.1. The lowest BCUT2D eigenvalue weighted by Crippen LogP contribution is -2.30. The molecule has 2 unspecified atom stereocenters. The molecule has 0 heterocycles. The van der Waals surface area contributed by atoms with Gasteiger partial charge in [0, 0.05) is 25.7 Å². The van der Waals surface area contributed by atoms with Gasteiger partial charge < -0.3 is 33.8 Å². The van der Waals surface area contributed by atoms with E-state index in [1.165, 1.54) is 180 Å². The Morgan fingerprint density at radius 3 is 0.773 bits per heavy atom. The summed E-state index contributed by atoms with van der Waals surface area (Å²) in [6.45, 7) is 7.19. The van der Waals surface area contributed by atoms with E-state index in [2.05, 4.69) is 34.6 Å². The molecule has 0 amide bonds.